The lowest BCUT2D eigenvalue weighted by Crippen LogP contribution is -2.92. The van der Waals surface area contributed by atoms with Crippen LogP contribution in [0, 0.1) is 5.82 Å². The van der Waals surface area contributed by atoms with Gasteiger partial charge in [0.15, 0.2) is 6.04 Å². The fraction of sp³-hybridized carbons (Fsp3) is 0.500. The van der Waals surface area contributed by atoms with Crippen molar-refractivity contribution in [3.05, 3.63) is 33.6 Å². The summed E-state index contributed by atoms with van der Waals surface area (Å²) in [5, 5.41) is 5.07. The van der Waals surface area contributed by atoms with Crippen LogP contribution in [0.25, 0.3) is 0 Å². The predicted molar refractivity (Wildman–Crippen MR) is 79.5 cm³/mol. The topological polar surface area (TPSA) is 45.7 Å². The third-order valence-corrected chi connectivity index (χ3v) is 3.57. The number of benzene rings is 1. The van der Waals surface area contributed by atoms with E-state index in [9.17, 15) is 9.18 Å². The summed E-state index contributed by atoms with van der Waals surface area (Å²) in [6.07, 6.45) is 0. The van der Waals surface area contributed by atoms with Gasteiger partial charge in [0.1, 0.15) is 11.9 Å². The van der Waals surface area contributed by atoms with Crippen LogP contribution in [-0.4, -0.2) is 18.0 Å². The molecule has 1 aromatic rings. The Kier molecular flexibility index (Phi) is 6.24. The van der Waals surface area contributed by atoms with Gasteiger partial charge in [-0.3, -0.25) is 4.79 Å². The van der Waals surface area contributed by atoms with E-state index in [1.54, 1.807) is 6.92 Å². The van der Waals surface area contributed by atoms with Crippen LogP contribution in [-0.2, 0) is 4.79 Å². The number of carbonyl (C=O) groups excluding carboxylic acids is 1. The van der Waals surface area contributed by atoms with E-state index < -0.39 is 5.82 Å². The molecule has 20 heavy (non-hydrogen) atoms. The van der Waals surface area contributed by atoms with Crippen LogP contribution in [0.15, 0.2) is 12.1 Å². The largest absolute Gasteiger partial charge is 0.349 e. The van der Waals surface area contributed by atoms with E-state index >= 15 is 0 Å². The molecule has 0 aliphatic heterocycles. The molecule has 0 saturated heterocycles. The van der Waals surface area contributed by atoms with Crippen molar-refractivity contribution in [1.82, 2.24) is 5.32 Å². The lowest BCUT2D eigenvalue weighted by atomic mass is 10.1. The first-order valence-electron chi connectivity index (χ1n) is 6.52. The minimum Gasteiger partial charge on any atom is -0.349 e. The van der Waals surface area contributed by atoms with Gasteiger partial charge in [-0.2, -0.15) is 0 Å². The second-order valence-corrected chi connectivity index (χ2v) is 6.04. The number of hydrogen-bond acceptors (Lipinski definition) is 1. The van der Waals surface area contributed by atoms with Crippen LogP contribution in [0.1, 0.15) is 39.3 Å². The molecule has 0 aliphatic rings. The maximum absolute atomic E-state index is 13.5. The molecule has 1 aromatic carbocycles. The molecule has 0 aromatic heterocycles. The normalized spacial score (nSPS) is 14.2. The van der Waals surface area contributed by atoms with Crippen LogP contribution in [0.5, 0.6) is 0 Å². The molecule has 0 radical (unpaired) electrons. The molecule has 0 fully saturated rings. The smallest absolute Gasteiger partial charge is 0.278 e. The van der Waals surface area contributed by atoms with Crippen molar-refractivity contribution in [2.24, 2.45) is 0 Å². The zero-order chi connectivity index (χ0) is 15.4. The van der Waals surface area contributed by atoms with Gasteiger partial charge in [-0.15, -0.1) is 0 Å². The van der Waals surface area contributed by atoms with Crippen LogP contribution < -0.4 is 10.6 Å². The van der Waals surface area contributed by atoms with Crippen molar-refractivity contribution in [3.63, 3.8) is 0 Å². The minimum absolute atomic E-state index is 0.00320. The monoisotopic (exact) mass is 321 g/mol. The van der Waals surface area contributed by atoms with Crippen molar-refractivity contribution in [2.75, 3.05) is 0 Å². The molecule has 3 N–H and O–H groups in total. The fourth-order valence-corrected chi connectivity index (χ4v) is 2.48. The molecule has 0 saturated carbocycles. The highest BCUT2D eigenvalue weighted by Crippen LogP contribution is 2.27. The molecule has 1 amide bonds. The van der Waals surface area contributed by atoms with Gasteiger partial charge in [-0.25, -0.2) is 4.39 Å². The van der Waals surface area contributed by atoms with Crippen molar-refractivity contribution >= 4 is 29.1 Å². The molecule has 0 unspecified atom stereocenters. The van der Waals surface area contributed by atoms with Gasteiger partial charge in [0.2, 0.25) is 0 Å². The second kappa shape index (κ2) is 7.25. The van der Waals surface area contributed by atoms with Crippen LogP contribution >= 0.6 is 23.2 Å². The van der Waals surface area contributed by atoms with E-state index in [1.165, 1.54) is 12.1 Å². The van der Waals surface area contributed by atoms with Gasteiger partial charge in [0.05, 0.1) is 10.0 Å². The Bertz CT molecular complexity index is 494. The molecular formula is C14H20Cl2FN2O+. The average Bonchev–Trinajstić information content (AvgIpc) is 2.32. The number of nitrogens with two attached hydrogens (primary N) is 1. The molecule has 0 aliphatic carbocycles. The second-order valence-electron chi connectivity index (χ2n) is 5.22. The number of quaternary nitrogens is 1. The van der Waals surface area contributed by atoms with Gasteiger partial charge >= 0.3 is 0 Å². The van der Waals surface area contributed by atoms with Gasteiger partial charge in [-0.1, -0.05) is 23.2 Å². The highest BCUT2D eigenvalue weighted by atomic mass is 35.5. The highest BCUT2D eigenvalue weighted by molar-refractivity contribution is 6.35. The van der Waals surface area contributed by atoms with Crippen molar-refractivity contribution < 1.29 is 14.5 Å². The predicted octanol–water partition coefficient (Wildman–Crippen LogP) is 2.67. The van der Waals surface area contributed by atoms with E-state index in [4.69, 9.17) is 23.2 Å². The van der Waals surface area contributed by atoms with E-state index in [1.807, 2.05) is 26.1 Å². The molecule has 112 valence electrons. The summed E-state index contributed by atoms with van der Waals surface area (Å²) >= 11 is 11.7. The molecule has 0 bridgehead atoms. The number of amides is 1. The molecule has 0 heterocycles. The number of hydrogen-bond donors (Lipinski definition) is 2. The van der Waals surface area contributed by atoms with Crippen LogP contribution in [0.3, 0.4) is 0 Å². The summed E-state index contributed by atoms with van der Waals surface area (Å²) in [4.78, 5) is 11.9. The first kappa shape index (κ1) is 17.2. The fourth-order valence-electron chi connectivity index (χ4n) is 1.93. The Hall–Kier alpha value is -0.840. The van der Waals surface area contributed by atoms with E-state index in [0.717, 1.165) is 0 Å². The van der Waals surface area contributed by atoms with Gasteiger partial charge in [0.25, 0.3) is 5.91 Å². The zero-order valence-corrected chi connectivity index (χ0v) is 13.5. The third kappa shape index (κ3) is 4.62. The van der Waals surface area contributed by atoms with Gasteiger partial charge in [0, 0.05) is 11.6 Å². The third-order valence-electron chi connectivity index (χ3n) is 2.95. The maximum atomic E-state index is 13.5. The number of nitrogens with one attached hydrogen (secondary N) is 1. The van der Waals surface area contributed by atoms with Crippen LogP contribution in [0.2, 0.25) is 10.0 Å². The molecular weight excluding hydrogens is 302 g/mol. The first-order chi connectivity index (χ1) is 9.22. The lowest BCUT2D eigenvalue weighted by Gasteiger charge is -2.19. The lowest BCUT2D eigenvalue weighted by molar-refractivity contribution is -0.710. The molecule has 2 atom stereocenters. The summed E-state index contributed by atoms with van der Waals surface area (Å²) < 4.78 is 13.5. The molecule has 3 nitrogen and oxygen atoms in total. The van der Waals surface area contributed by atoms with Crippen molar-refractivity contribution in [1.29, 1.82) is 0 Å². The number of carbonyl (C=O) groups is 1. The Labute approximate surface area is 128 Å². The van der Waals surface area contributed by atoms with E-state index in [2.05, 4.69) is 5.32 Å². The minimum atomic E-state index is -0.509. The average molecular weight is 322 g/mol. The van der Waals surface area contributed by atoms with Gasteiger partial charge < -0.3 is 10.6 Å². The van der Waals surface area contributed by atoms with Crippen molar-refractivity contribution in [2.45, 2.75) is 45.8 Å². The Morgan fingerprint density at radius 2 is 1.80 bits per heavy atom. The number of rotatable bonds is 5. The van der Waals surface area contributed by atoms with Crippen LogP contribution in [0.4, 0.5) is 4.39 Å². The summed E-state index contributed by atoms with van der Waals surface area (Å²) in [5.74, 6) is -0.567. The van der Waals surface area contributed by atoms with E-state index in [-0.39, 0.29) is 29.1 Å². The number of halogens is 3. The zero-order valence-electron chi connectivity index (χ0n) is 12.0. The molecule has 6 heteroatoms. The summed E-state index contributed by atoms with van der Waals surface area (Å²) in [5.41, 5.74) is 0.623. The SMILES string of the molecule is CC(C)NC(=O)[C@@H](C)[NH2+][C@H](C)c1cc(F)c(Cl)cc1Cl. The summed E-state index contributed by atoms with van der Waals surface area (Å²) in [6.45, 7) is 7.47. The van der Waals surface area contributed by atoms with E-state index in [0.29, 0.717) is 10.6 Å². The van der Waals surface area contributed by atoms with Crippen molar-refractivity contribution in [3.8, 4) is 0 Å². The quantitative estimate of drug-likeness (QED) is 0.805. The Balaban J connectivity index is 2.78. The first-order valence-corrected chi connectivity index (χ1v) is 7.27. The summed E-state index contributed by atoms with van der Waals surface area (Å²) in [6, 6.07) is 2.35. The standard InChI is InChI=1S/C14H19Cl2FN2O/c1-7(2)18-14(20)9(4)19-8(3)10-5-13(17)12(16)6-11(10)15/h5-9,19H,1-4H3,(H,18,20)/p+1/t8-,9-/m1/s1. The maximum Gasteiger partial charge on any atom is 0.278 e. The summed E-state index contributed by atoms with van der Waals surface area (Å²) in [7, 11) is 0. The molecule has 1 rings (SSSR count). The highest BCUT2D eigenvalue weighted by Gasteiger charge is 2.23. The Morgan fingerprint density at radius 1 is 1.20 bits per heavy atom. The van der Waals surface area contributed by atoms with Gasteiger partial charge in [-0.05, 0) is 39.8 Å². The molecule has 0 spiro atoms. The Morgan fingerprint density at radius 3 is 2.35 bits per heavy atom.